The van der Waals surface area contributed by atoms with Crippen molar-refractivity contribution >= 4 is 42.6 Å². The van der Waals surface area contributed by atoms with Gasteiger partial charge in [-0.3, -0.25) is 14.7 Å². The normalized spacial score (nSPS) is 17.7. The van der Waals surface area contributed by atoms with E-state index in [9.17, 15) is 13.2 Å². The van der Waals surface area contributed by atoms with Crippen molar-refractivity contribution in [2.24, 2.45) is 5.92 Å². The Labute approximate surface area is 186 Å². The Morgan fingerprint density at radius 2 is 2.10 bits per heavy atom. The first-order chi connectivity index (χ1) is 14.9. The highest BCUT2D eigenvalue weighted by Crippen LogP contribution is 2.33. The molecule has 164 valence electrons. The van der Waals surface area contributed by atoms with Gasteiger partial charge >= 0.3 is 0 Å². The van der Waals surface area contributed by atoms with Crippen molar-refractivity contribution < 1.29 is 13.2 Å². The number of hydrogen-bond donors (Lipinski definition) is 0. The van der Waals surface area contributed by atoms with Gasteiger partial charge in [0.25, 0.3) is 0 Å². The van der Waals surface area contributed by atoms with Gasteiger partial charge in [-0.15, -0.1) is 0 Å². The molecule has 1 aromatic carbocycles. The Hall–Kier alpha value is -2.36. The second-order valence-electron chi connectivity index (χ2n) is 7.82. The van der Waals surface area contributed by atoms with E-state index in [-0.39, 0.29) is 12.5 Å². The third-order valence-electron chi connectivity index (χ3n) is 5.62. The minimum Gasteiger partial charge on any atom is -0.282 e. The van der Waals surface area contributed by atoms with Crippen LogP contribution in [0.2, 0.25) is 0 Å². The predicted octanol–water partition coefficient (Wildman–Crippen LogP) is 3.46. The number of aromatic nitrogens is 2. The minimum atomic E-state index is -3.33. The maximum absolute atomic E-state index is 13.7. The quantitative estimate of drug-likeness (QED) is 0.565. The molecule has 4 rings (SSSR count). The molecule has 9 heteroatoms. The molecular formula is C22H26N4O3S2. The number of pyridine rings is 1. The van der Waals surface area contributed by atoms with Crippen molar-refractivity contribution in [3.63, 3.8) is 0 Å². The molecule has 1 fully saturated rings. The Morgan fingerprint density at radius 3 is 2.81 bits per heavy atom. The maximum atomic E-state index is 13.7. The lowest BCUT2D eigenvalue weighted by molar-refractivity contribution is -0.123. The van der Waals surface area contributed by atoms with Crippen LogP contribution in [0.15, 0.2) is 42.6 Å². The third kappa shape index (κ3) is 4.78. The van der Waals surface area contributed by atoms with Crippen LogP contribution < -0.4 is 4.90 Å². The van der Waals surface area contributed by atoms with Crippen LogP contribution in [0, 0.1) is 5.92 Å². The predicted molar refractivity (Wildman–Crippen MR) is 124 cm³/mol. The van der Waals surface area contributed by atoms with E-state index in [4.69, 9.17) is 4.98 Å². The molecule has 1 atom stereocenters. The van der Waals surface area contributed by atoms with E-state index in [0.717, 1.165) is 27.9 Å². The number of thiazole rings is 1. The van der Waals surface area contributed by atoms with Crippen molar-refractivity contribution in [1.29, 1.82) is 0 Å². The van der Waals surface area contributed by atoms with Gasteiger partial charge in [0, 0.05) is 19.3 Å². The number of carbonyl (C=O) groups is 1. The molecule has 7 nitrogen and oxygen atoms in total. The molecule has 0 bridgehead atoms. The molecule has 1 aliphatic heterocycles. The Balaban J connectivity index is 1.70. The standard InChI is InChI=1S/C22H26N4O3S2/c1-3-16-8-6-11-19-20(16)24-22(30-19)26(15-18-10-4-5-12-23-18)21(27)17-9-7-13-25(14-17)31(2,28)29/h4-6,8,10-12,17H,3,7,9,13-15H2,1-2H3. The monoisotopic (exact) mass is 458 g/mol. The van der Waals surface area contributed by atoms with Crippen LogP contribution in [0.5, 0.6) is 0 Å². The number of aryl methyl sites for hydroxylation is 1. The number of fused-ring (bicyclic) bond motifs is 1. The molecule has 0 saturated carbocycles. The number of sulfonamides is 1. The molecule has 0 N–H and O–H groups in total. The Morgan fingerprint density at radius 1 is 1.26 bits per heavy atom. The summed E-state index contributed by atoms with van der Waals surface area (Å²) in [5, 5.41) is 0.628. The van der Waals surface area contributed by atoms with Crippen LogP contribution in [0.25, 0.3) is 10.2 Å². The highest BCUT2D eigenvalue weighted by Gasteiger charge is 2.34. The van der Waals surface area contributed by atoms with Crippen molar-refractivity contribution in [3.05, 3.63) is 53.9 Å². The van der Waals surface area contributed by atoms with E-state index in [1.54, 1.807) is 11.1 Å². The second-order valence-corrected chi connectivity index (χ2v) is 10.8. The van der Waals surface area contributed by atoms with Gasteiger partial charge in [-0.2, -0.15) is 0 Å². The SMILES string of the molecule is CCc1cccc2sc(N(Cc3ccccn3)C(=O)C3CCCN(S(C)(=O)=O)C3)nc12. The second kappa shape index (κ2) is 9.02. The molecular weight excluding hydrogens is 432 g/mol. The fourth-order valence-corrected chi connectivity index (χ4v) is 5.88. The summed E-state index contributed by atoms with van der Waals surface area (Å²) < 4.78 is 26.6. The van der Waals surface area contributed by atoms with Crippen molar-refractivity contribution in [2.45, 2.75) is 32.7 Å². The number of anilines is 1. The summed E-state index contributed by atoms with van der Waals surface area (Å²) in [6, 6.07) is 11.7. The Bertz CT molecular complexity index is 1180. The topological polar surface area (TPSA) is 83.5 Å². The number of para-hydroxylation sites is 1. The van der Waals surface area contributed by atoms with E-state index in [2.05, 4.69) is 18.0 Å². The van der Waals surface area contributed by atoms with Crippen LogP contribution in [0.4, 0.5) is 5.13 Å². The van der Waals surface area contributed by atoms with Gasteiger partial charge in [0.15, 0.2) is 5.13 Å². The number of piperidine rings is 1. The highest BCUT2D eigenvalue weighted by atomic mass is 32.2. The highest BCUT2D eigenvalue weighted by molar-refractivity contribution is 7.88. The molecule has 1 saturated heterocycles. The fraction of sp³-hybridized carbons (Fsp3) is 0.409. The molecule has 3 aromatic rings. The van der Waals surface area contributed by atoms with E-state index in [1.165, 1.54) is 21.9 Å². The van der Waals surface area contributed by atoms with E-state index >= 15 is 0 Å². The van der Waals surface area contributed by atoms with E-state index in [0.29, 0.717) is 31.1 Å². The summed E-state index contributed by atoms with van der Waals surface area (Å²) in [6.45, 7) is 3.06. The molecule has 1 amide bonds. The molecule has 1 unspecified atom stereocenters. The minimum absolute atomic E-state index is 0.101. The van der Waals surface area contributed by atoms with Crippen LogP contribution in [-0.2, 0) is 27.8 Å². The lowest BCUT2D eigenvalue weighted by atomic mass is 9.98. The first-order valence-corrected chi connectivity index (χ1v) is 13.1. The third-order valence-corrected chi connectivity index (χ3v) is 7.93. The van der Waals surface area contributed by atoms with Gasteiger partial charge in [0.2, 0.25) is 15.9 Å². The average Bonchev–Trinajstić information content (AvgIpc) is 3.21. The number of hydrogen-bond acceptors (Lipinski definition) is 6. The van der Waals surface area contributed by atoms with Gasteiger partial charge in [0.05, 0.1) is 34.6 Å². The van der Waals surface area contributed by atoms with Gasteiger partial charge in [-0.25, -0.2) is 17.7 Å². The number of benzene rings is 1. The van der Waals surface area contributed by atoms with E-state index in [1.807, 2.05) is 30.3 Å². The van der Waals surface area contributed by atoms with Gasteiger partial charge in [-0.05, 0) is 43.0 Å². The van der Waals surface area contributed by atoms with Crippen molar-refractivity contribution in [1.82, 2.24) is 14.3 Å². The number of carbonyl (C=O) groups excluding carboxylic acids is 1. The zero-order chi connectivity index (χ0) is 22.0. The first-order valence-electron chi connectivity index (χ1n) is 10.4. The number of nitrogens with zero attached hydrogens (tertiary/aromatic N) is 4. The molecule has 3 heterocycles. The first kappa shape index (κ1) is 21.9. The molecule has 0 aliphatic carbocycles. The van der Waals surface area contributed by atoms with Crippen molar-refractivity contribution in [2.75, 3.05) is 24.2 Å². The van der Waals surface area contributed by atoms with Gasteiger partial charge in [-0.1, -0.05) is 36.5 Å². The summed E-state index contributed by atoms with van der Waals surface area (Å²) in [7, 11) is -3.33. The Kier molecular flexibility index (Phi) is 6.36. The fourth-order valence-electron chi connectivity index (χ4n) is 3.95. The summed E-state index contributed by atoms with van der Waals surface area (Å²) >= 11 is 1.49. The van der Waals surface area contributed by atoms with Crippen LogP contribution in [-0.4, -0.2) is 47.9 Å². The molecule has 2 aromatic heterocycles. The van der Waals surface area contributed by atoms with Crippen LogP contribution in [0.1, 0.15) is 31.0 Å². The zero-order valence-corrected chi connectivity index (χ0v) is 19.3. The largest absolute Gasteiger partial charge is 0.282 e. The van der Waals surface area contributed by atoms with E-state index < -0.39 is 15.9 Å². The lowest BCUT2D eigenvalue weighted by Crippen LogP contribution is -2.46. The van der Waals surface area contributed by atoms with Gasteiger partial charge < -0.3 is 0 Å². The summed E-state index contributed by atoms with van der Waals surface area (Å²) in [5.74, 6) is -0.499. The zero-order valence-electron chi connectivity index (χ0n) is 17.7. The molecule has 0 radical (unpaired) electrons. The summed E-state index contributed by atoms with van der Waals surface area (Å²) in [5.41, 5.74) is 2.83. The van der Waals surface area contributed by atoms with Gasteiger partial charge in [0.1, 0.15) is 0 Å². The van der Waals surface area contributed by atoms with Crippen LogP contribution >= 0.6 is 11.3 Å². The molecule has 0 spiro atoms. The number of rotatable bonds is 6. The lowest BCUT2D eigenvalue weighted by Gasteiger charge is -2.32. The molecule has 31 heavy (non-hydrogen) atoms. The van der Waals surface area contributed by atoms with Crippen LogP contribution in [0.3, 0.4) is 0 Å². The summed E-state index contributed by atoms with van der Waals surface area (Å²) in [6.07, 6.45) is 5.10. The average molecular weight is 459 g/mol. The summed E-state index contributed by atoms with van der Waals surface area (Å²) in [4.78, 5) is 24.6. The number of amides is 1. The smallest absolute Gasteiger partial charge is 0.233 e. The van der Waals surface area contributed by atoms with Crippen molar-refractivity contribution in [3.8, 4) is 0 Å². The molecule has 1 aliphatic rings. The maximum Gasteiger partial charge on any atom is 0.233 e.